The van der Waals surface area contributed by atoms with Gasteiger partial charge >= 0.3 is 12.1 Å². The fraction of sp³-hybridized carbons (Fsp3) is 0.320. The topological polar surface area (TPSA) is 93.3 Å². The smallest absolute Gasteiger partial charge is 0.463 e. The average Bonchev–Trinajstić information content (AvgIpc) is 2.82. The second-order valence-corrected chi connectivity index (χ2v) is 8.38. The summed E-state index contributed by atoms with van der Waals surface area (Å²) in [5.74, 6) is -2.05. The summed E-state index contributed by atoms with van der Waals surface area (Å²) in [6, 6.07) is 18.3. The Bertz CT molecular complexity index is 1300. The first-order valence-corrected chi connectivity index (χ1v) is 10.7. The van der Waals surface area contributed by atoms with Crippen molar-refractivity contribution in [3.05, 3.63) is 65.0 Å². The van der Waals surface area contributed by atoms with Crippen LogP contribution in [0.3, 0.4) is 0 Å². The Hall–Kier alpha value is -3.84. The van der Waals surface area contributed by atoms with Crippen LogP contribution in [-0.2, 0) is 16.1 Å². The van der Waals surface area contributed by atoms with Gasteiger partial charge in [0, 0.05) is 29.4 Å². The molecule has 0 atom stereocenters. The summed E-state index contributed by atoms with van der Waals surface area (Å²) in [5.41, 5.74) is 0.0978. The van der Waals surface area contributed by atoms with Crippen LogP contribution in [0.25, 0.3) is 21.9 Å². The Morgan fingerprint density at radius 1 is 1.06 bits per heavy atom. The summed E-state index contributed by atoms with van der Waals surface area (Å²) in [5, 5.41) is 13.2. The predicted octanol–water partition coefficient (Wildman–Crippen LogP) is 4.04. The number of benzene rings is 2. The van der Waals surface area contributed by atoms with Crippen LogP contribution in [0.2, 0.25) is 0 Å². The van der Waals surface area contributed by atoms with Crippen molar-refractivity contribution in [3.63, 3.8) is 0 Å². The molecular weight excluding hydrogens is 463 g/mol. The second-order valence-electron chi connectivity index (χ2n) is 8.38. The lowest BCUT2D eigenvalue weighted by molar-refractivity contribution is -0.201. The van der Waals surface area contributed by atoms with Crippen LogP contribution in [-0.4, -0.2) is 42.0 Å². The molecule has 3 aromatic rings. The van der Waals surface area contributed by atoms with E-state index >= 15 is 0 Å². The summed E-state index contributed by atoms with van der Waals surface area (Å²) in [6.45, 7) is 2.56. The monoisotopic (exact) mass is 487 g/mol. The van der Waals surface area contributed by atoms with E-state index in [1.54, 1.807) is 38.1 Å². The van der Waals surface area contributed by atoms with Crippen LogP contribution in [0, 0.1) is 11.3 Å². The van der Waals surface area contributed by atoms with E-state index in [-0.39, 0.29) is 31.1 Å². The van der Waals surface area contributed by atoms with Gasteiger partial charge in [0.05, 0.1) is 5.56 Å². The first kappa shape index (κ1) is 25.8. The summed E-state index contributed by atoms with van der Waals surface area (Å²) < 4.78 is 48.8. The van der Waals surface area contributed by atoms with Crippen LogP contribution in [0.15, 0.2) is 59.4 Å². The van der Waals surface area contributed by atoms with Crippen LogP contribution < -0.4 is 15.6 Å². The van der Waals surface area contributed by atoms with Gasteiger partial charge in [0.15, 0.2) is 6.61 Å². The molecule has 0 fully saturated rings. The second kappa shape index (κ2) is 10.6. The maximum absolute atomic E-state index is 13.4. The number of nitrogens with one attached hydrogen (secondary N) is 1. The first-order chi connectivity index (χ1) is 16.5. The van der Waals surface area contributed by atoms with Crippen molar-refractivity contribution in [2.75, 3.05) is 19.8 Å². The Kier molecular flexibility index (Phi) is 7.82. The number of fused-ring (bicyclic) bond motifs is 1. The van der Waals surface area contributed by atoms with E-state index < -0.39 is 24.3 Å². The maximum atomic E-state index is 13.4. The molecule has 0 spiro atoms. The SMILES string of the molecule is CC(C)(COC(=O)C(F)(F)F)NCCn1c(OCC#N)c(-c2ccccc2)c2ccccc2c1=O. The van der Waals surface area contributed by atoms with Crippen molar-refractivity contribution in [3.8, 4) is 23.1 Å². The Balaban J connectivity index is 1.95. The number of rotatable bonds is 9. The molecule has 0 saturated carbocycles. The maximum Gasteiger partial charge on any atom is 0.490 e. The molecule has 3 rings (SSSR count). The minimum absolute atomic E-state index is 0.0842. The van der Waals surface area contributed by atoms with Gasteiger partial charge in [-0.15, -0.1) is 0 Å². The summed E-state index contributed by atoms with van der Waals surface area (Å²) in [6.07, 6.45) is -5.07. The van der Waals surface area contributed by atoms with E-state index in [9.17, 15) is 22.8 Å². The number of hydrogen-bond acceptors (Lipinski definition) is 6. The van der Waals surface area contributed by atoms with Gasteiger partial charge in [-0.2, -0.15) is 18.4 Å². The average molecular weight is 487 g/mol. The molecule has 10 heteroatoms. The van der Waals surface area contributed by atoms with E-state index in [2.05, 4.69) is 10.1 Å². The number of nitrogens with zero attached hydrogens (tertiary/aromatic N) is 2. The van der Waals surface area contributed by atoms with Crippen LogP contribution in [0.1, 0.15) is 13.8 Å². The Morgan fingerprint density at radius 2 is 1.69 bits per heavy atom. The predicted molar refractivity (Wildman–Crippen MR) is 124 cm³/mol. The number of nitriles is 1. The highest BCUT2D eigenvalue weighted by molar-refractivity contribution is 5.98. The minimum atomic E-state index is -5.07. The van der Waals surface area contributed by atoms with Gasteiger partial charge < -0.3 is 14.8 Å². The normalized spacial score (nSPS) is 11.8. The lowest BCUT2D eigenvalue weighted by Crippen LogP contribution is -2.47. The van der Waals surface area contributed by atoms with E-state index in [1.165, 1.54) is 4.57 Å². The van der Waals surface area contributed by atoms with Gasteiger partial charge in [0.1, 0.15) is 12.7 Å². The lowest BCUT2D eigenvalue weighted by atomic mass is 9.99. The van der Waals surface area contributed by atoms with Crippen molar-refractivity contribution in [2.24, 2.45) is 0 Å². The molecule has 1 heterocycles. The van der Waals surface area contributed by atoms with Crippen molar-refractivity contribution in [1.82, 2.24) is 9.88 Å². The van der Waals surface area contributed by atoms with E-state index in [0.717, 1.165) is 5.56 Å². The third-order valence-corrected chi connectivity index (χ3v) is 5.20. The minimum Gasteiger partial charge on any atom is -0.463 e. The van der Waals surface area contributed by atoms with Gasteiger partial charge in [-0.25, -0.2) is 4.79 Å². The lowest BCUT2D eigenvalue weighted by Gasteiger charge is -2.27. The van der Waals surface area contributed by atoms with E-state index in [0.29, 0.717) is 16.3 Å². The molecule has 35 heavy (non-hydrogen) atoms. The largest absolute Gasteiger partial charge is 0.490 e. The zero-order valence-electron chi connectivity index (χ0n) is 19.2. The van der Waals surface area contributed by atoms with Gasteiger partial charge in [0.25, 0.3) is 5.56 Å². The molecule has 0 amide bonds. The molecule has 0 bridgehead atoms. The fourth-order valence-electron chi connectivity index (χ4n) is 3.60. The molecule has 0 unspecified atom stereocenters. The highest BCUT2D eigenvalue weighted by Crippen LogP contribution is 2.35. The molecule has 7 nitrogen and oxygen atoms in total. The summed E-state index contributed by atoms with van der Waals surface area (Å²) >= 11 is 0. The zero-order valence-corrected chi connectivity index (χ0v) is 19.2. The van der Waals surface area contributed by atoms with Crippen LogP contribution >= 0.6 is 0 Å². The molecule has 0 aliphatic rings. The number of aromatic nitrogens is 1. The number of alkyl halides is 3. The highest BCUT2D eigenvalue weighted by Gasteiger charge is 2.41. The van der Waals surface area contributed by atoms with Crippen LogP contribution in [0.5, 0.6) is 5.88 Å². The molecule has 184 valence electrons. The van der Waals surface area contributed by atoms with Gasteiger partial charge in [-0.05, 0) is 25.5 Å². The molecule has 0 aliphatic carbocycles. The zero-order chi connectivity index (χ0) is 25.6. The number of halogens is 3. The summed E-state index contributed by atoms with van der Waals surface area (Å²) in [7, 11) is 0. The number of esters is 1. The van der Waals surface area contributed by atoms with E-state index in [4.69, 9.17) is 10.00 Å². The molecule has 1 N–H and O–H groups in total. The van der Waals surface area contributed by atoms with Gasteiger partial charge in [-0.3, -0.25) is 9.36 Å². The number of carbonyl (C=O) groups is 1. The van der Waals surface area contributed by atoms with Crippen molar-refractivity contribution < 1.29 is 27.4 Å². The Labute approximate surface area is 199 Å². The standard InChI is InChI=1S/C25H24F3N3O4/c1-24(2,16-35-23(33)25(26,27)28)30-13-14-31-21(32)19-11-7-6-10-18(19)20(22(31)34-15-12-29)17-8-4-3-5-9-17/h3-11,30H,13-16H2,1-2H3. The molecule has 2 aromatic carbocycles. The molecule has 0 radical (unpaired) electrons. The van der Waals surface area contributed by atoms with E-state index in [1.807, 2.05) is 36.4 Å². The van der Waals surface area contributed by atoms with Crippen LogP contribution in [0.4, 0.5) is 13.2 Å². The first-order valence-electron chi connectivity index (χ1n) is 10.7. The fourth-order valence-corrected chi connectivity index (χ4v) is 3.60. The molecule has 1 aromatic heterocycles. The van der Waals surface area contributed by atoms with Gasteiger partial charge in [0.2, 0.25) is 5.88 Å². The van der Waals surface area contributed by atoms with Crippen molar-refractivity contribution >= 4 is 16.7 Å². The highest BCUT2D eigenvalue weighted by atomic mass is 19.4. The molecule has 0 saturated heterocycles. The number of ether oxygens (including phenoxy) is 2. The quantitative estimate of drug-likeness (QED) is 0.458. The number of hydrogen-bond donors (Lipinski definition) is 1. The molecular formula is C25H24F3N3O4. The summed E-state index contributed by atoms with van der Waals surface area (Å²) in [4.78, 5) is 24.4. The third kappa shape index (κ3) is 6.19. The molecule has 0 aliphatic heterocycles. The number of pyridine rings is 1. The van der Waals surface area contributed by atoms with Crippen molar-refractivity contribution in [2.45, 2.75) is 32.1 Å². The third-order valence-electron chi connectivity index (χ3n) is 5.20. The Morgan fingerprint density at radius 3 is 2.31 bits per heavy atom. The van der Waals surface area contributed by atoms with Crippen molar-refractivity contribution in [1.29, 1.82) is 5.26 Å². The number of carbonyl (C=O) groups excluding carboxylic acids is 1. The van der Waals surface area contributed by atoms with Gasteiger partial charge in [-0.1, -0.05) is 48.5 Å².